The van der Waals surface area contributed by atoms with Crippen LogP contribution in [0.15, 0.2) is 6.33 Å². The standard InChI is InChI=1S/C11H20N4O/c1-9-7-10(4-6-16-9)12-5-2-3-11-13-8-14-15-11/h8-10,12H,2-7H2,1H3,(H,13,14,15). The fraction of sp³-hybridized carbons (Fsp3) is 0.818. The zero-order valence-electron chi connectivity index (χ0n) is 9.78. The maximum atomic E-state index is 5.51. The number of hydrogen-bond donors (Lipinski definition) is 2. The van der Waals surface area contributed by atoms with E-state index in [0.29, 0.717) is 12.1 Å². The van der Waals surface area contributed by atoms with Crippen molar-refractivity contribution in [3.8, 4) is 0 Å². The highest BCUT2D eigenvalue weighted by molar-refractivity contribution is 4.80. The van der Waals surface area contributed by atoms with E-state index in [1.54, 1.807) is 6.33 Å². The second kappa shape index (κ2) is 5.96. The van der Waals surface area contributed by atoms with Gasteiger partial charge in [0, 0.05) is 19.1 Å². The molecule has 5 nitrogen and oxygen atoms in total. The average Bonchev–Trinajstić information content (AvgIpc) is 2.77. The van der Waals surface area contributed by atoms with Gasteiger partial charge in [-0.2, -0.15) is 5.10 Å². The van der Waals surface area contributed by atoms with E-state index in [2.05, 4.69) is 27.4 Å². The predicted molar refractivity (Wildman–Crippen MR) is 61.1 cm³/mol. The number of hydrogen-bond acceptors (Lipinski definition) is 4. The molecule has 2 unspecified atom stereocenters. The molecule has 2 heterocycles. The van der Waals surface area contributed by atoms with Crippen LogP contribution in [0.25, 0.3) is 0 Å². The molecule has 1 aliphatic heterocycles. The van der Waals surface area contributed by atoms with E-state index in [1.165, 1.54) is 0 Å². The highest BCUT2D eigenvalue weighted by atomic mass is 16.5. The first-order valence-corrected chi connectivity index (χ1v) is 6.04. The van der Waals surface area contributed by atoms with Gasteiger partial charge in [0.1, 0.15) is 12.2 Å². The Morgan fingerprint density at radius 3 is 3.31 bits per heavy atom. The molecule has 1 aromatic heterocycles. The van der Waals surface area contributed by atoms with Crippen molar-refractivity contribution in [1.82, 2.24) is 20.5 Å². The third-order valence-electron chi connectivity index (χ3n) is 2.97. The number of ether oxygens (including phenoxy) is 1. The smallest absolute Gasteiger partial charge is 0.137 e. The molecule has 90 valence electrons. The largest absolute Gasteiger partial charge is 0.378 e. The summed E-state index contributed by atoms with van der Waals surface area (Å²) < 4.78 is 5.51. The highest BCUT2D eigenvalue weighted by Gasteiger charge is 2.18. The Balaban J connectivity index is 1.57. The summed E-state index contributed by atoms with van der Waals surface area (Å²) in [4.78, 5) is 4.10. The van der Waals surface area contributed by atoms with Gasteiger partial charge in [0.05, 0.1) is 6.10 Å². The van der Waals surface area contributed by atoms with Crippen LogP contribution < -0.4 is 5.32 Å². The SMILES string of the molecule is CC1CC(NCCCc2ncn[nH]2)CCO1. The van der Waals surface area contributed by atoms with E-state index in [9.17, 15) is 0 Å². The fourth-order valence-corrected chi connectivity index (χ4v) is 2.10. The molecule has 1 aliphatic rings. The van der Waals surface area contributed by atoms with Crippen LogP contribution >= 0.6 is 0 Å². The molecule has 5 heteroatoms. The van der Waals surface area contributed by atoms with E-state index < -0.39 is 0 Å². The van der Waals surface area contributed by atoms with Crippen LogP contribution in [-0.4, -0.2) is 40.5 Å². The van der Waals surface area contributed by atoms with Crippen LogP contribution in [-0.2, 0) is 11.2 Å². The van der Waals surface area contributed by atoms with E-state index >= 15 is 0 Å². The summed E-state index contributed by atoms with van der Waals surface area (Å²) >= 11 is 0. The molecule has 0 amide bonds. The van der Waals surface area contributed by atoms with Crippen LogP contribution in [0.1, 0.15) is 32.0 Å². The molecule has 2 atom stereocenters. The molecule has 1 saturated heterocycles. The lowest BCUT2D eigenvalue weighted by Gasteiger charge is -2.28. The number of aromatic amines is 1. The Morgan fingerprint density at radius 1 is 1.62 bits per heavy atom. The van der Waals surface area contributed by atoms with Gasteiger partial charge in [-0.15, -0.1) is 0 Å². The van der Waals surface area contributed by atoms with Crippen molar-refractivity contribution in [3.63, 3.8) is 0 Å². The van der Waals surface area contributed by atoms with Gasteiger partial charge in [-0.05, 0) is 32.7 Å². The Bertz CT molecular complexity index is 288. The predicted octanol–water partition coefficient (Wildman–Crippen LogP) is 0.894. The Morgan fingerprint density at radius 2 is 2.56 bits per heavy atom. The second-order valence-corrected chi connectivity index (χ2v) is 4.39. The van der Waals surface area contributed by atoms with Crippen molar-refractivity contribution < 1.29 is 4.74 Å². The molecule has 0 bridgehead atoms. The summed E-state index contributed by atoms with van der Waals surface area (Å²) in [6, 6.07) is 0.624. The van der Waals surface area contributed by atoms with Crippen molar-refractivity contribution in [2.45, 2.75) is 44.8 Å². The molecule has 0 spiro atoms. The van der Waals surface area contributed by atoms with Crippen LogP contribution in [0.3, 0.4) is 0 Å². The summed E-state index contributed by atoms with van der Waals surface area (Å²) in [6.45, 7) is 4.07. The maximum Gasteiger partial charge on any atom is 0.137 e. The number of aromatic nitrogens is 3. The monoisotopic (exact) mass is 224 g/mol. The van der Waals surface area contributed by atoms with Gasteiger partial charge < -0.3 is 10.1 Å². The van der Waals surface area contributed by atoms with Crippen molar-refractivity contribution in [2.24, 2.45) is 0 Å². The molecule has 2 N–H and O–H groups in total. The van der Waals surface area contributed by atoms with Crippen molar-refractivity contribution in [3.05, 3.63) is 12.2 Å². The lowest BCUT2D eigenvalue weighted by Crippen LogP contribution is -2.38. The lowest BCUT2D eigenvalue weighted by atomic mass is 10.0. The summed E-state index contributed by atoms with van der Waals surface area (Å²) in [7, 11) is 0. The first-order chi connectivity index (χ1) is 7.84. The minimum atomic E-state index is 0.403. The summed E-state index contributed by atoms with van der Waals surface area (Å²) in [5.74, 6) is 0.974. The zero-order chi connectivity index (χ0) is 11.2. The number of H-pyrrole nitrogens is 1. The number of aryl methyl sites for hydroxylation is 1. The quantitative estimate of drug-likeness (QED) is 0.729. The fourth-order valence-electron chi connectivity index (χ4n) is 2.10. The zero-order valence-corrected chi connectivity index (χ0v) is 9.78. The Labute approximate surface area is 96.0 Å². The highest BCUT2D eigenvalue weighted by Crippen LogP contribution is 2.12. The van der Waals surface area contributed by atoms with E-state index in [0.717, 1.165) is 44.7 Å². The van der Waals surface area contributed by atoms with Gasteiger partial charge in [0.15, 0.2) is 0 Å². The van der Waals surface area contributed by atoms with Gasteiger partial charge in [0.25, 0.3) is 0 Å². The molecular formula is C11H20N4O. The van der Waals surface area contributed by atoms with Crippen molar-refractivity contribution in [1.29, 1.82) is 0 Å². The molecule has 0 aromatic carbocycles. The van der Waals surface area contributed by atoms with Crippen LogP contribution in [0, 0.1) is 0 Å². The molecule has 0 aliphatic carbocycles. The van der Waals surface area contributed by atoms with E-state index in [4.69, 9.17) is 4.74 Å². The van der Waals surface area contributed by atoms with Crippen molar-refractivity contribution >= 4 is 0 Å². The molecule has 1 aromatic rings. The number of nitrogens with one attached hydrogen (secondary N) is 2. The first-order valence-electron chi connectivity index (χ1n) is 6.04. The minimum absolute atomic E-state index is 0.403. The van der Waals surface area contributed by atoms with Gasteiger partial charge in [-0.1, -0.05) is 0 Å². The van der Waals surface area contributed by atoms with Crippen LogP contribution in [0.4, 0.5) is 0 Å². The first kappa shape index (κ1) is 11.5. The molecular weight excluding hydrogens is 204 g/mol. The topological polar surface area (TPSA) is 62.8 Å². The Kier molecular flexibility index (Phi) is 4.30. The molecule has 0 saturated carbocycles. The Hall–Kier alpha value is -0.940. The summed E-state index contributed by atoms with van der Waals surface area (Å²) in [5.41, 5.74) is 0. The summed E-state index contributed by atoms with van der Waals surface area (Å²) in [5, 5.41) is 10.3. The lowest BCUT2D eigenvalue weighted by molar-refractivity contribution is 0.0134. The van der Waals surface area contributed by atoms with Crippen LogP contribution in [0.2, 0.25) is 0 Å². The number of rotatable bonds is 5. The van der Waals surface area contributed by atoms with E-state index in [-0.39, 0.29) is 0 Å². The van der Waals surface area contributed by atoms with Gasteiger partial charge in [0.2, 0.25) is 0 Å². The van der Waals surface area contributed by atoms with Gasteiger partial charge >= 0.3 is 0 Å². The molecule has 0 radical (unpaired) electrons. The molecule has 16 heavy (non-hydrogen) atoms. The van der Waals surface area contributed by atoms with Crippen LogP contribution in [0.5, 0.6) is 0 Å². The number of nitrogens with zero attached hydrogens (tertiary/aromatic N) is 2. The summed E-state index contributed by atoms with van der Waals surface area (Å²) in [6.07, 6.45) is 6.28. The minimum Gasteiger partial charge on any atom is -0.378 e. The molecule has 2 rings (SSSR count). The van der Waals surface area contributed by atoms with E-state index in [1.807, 2.05) is 0 Å². The maximum absolute atomic E-state index is 5.51. The van der Waals surface area contributed by atoms with Crippen molar-refractivity contribution in [2.75, 3.05) is 13.2 Å². The second-order valence-electron chi connectivity index (χ2n) is 4.39. The van der Waals surface area contributed by atoms with Gasteiger partial charge in [-0.3, -0.25) is 5.10 Å². The van der Waals surface area contributed by atoms with Gasteiger partial charge in [-0.25, -0.2) is 4.98 Å². The average molecular weight is 224 g/mol. The third kappa shape index (κ3) is 3.57. The molecule has 1 fully saturated rings. The normalized spacial score (nSPS) is 25.8. The third-order valence-corrected chi connectivity index (χ3v) is 2.97.